The number of nitrogens with two attached hydrogens (primary N) is 1. The van der Waals surface area contributed by atoms with Crippen LogP contribution in [0.2, 0.25) is 0 Å². The summed E-state index contributed by atoms with van der Waals surface area (Å²) < 4.78 is 5.31. The summed E-state index contributed by atoms with van der Waals surface area (Å²) in [7, 11) is 0. The van der Waals surface area contributed by atoms with Crippen LogP contribution in [0.3, 0.4) is 0 Å². The number of nitrogen functional groups attached to an aromatic ring is 1. The number of carbonyl (C=O) groups is 1. The van der Waals surface area contributed by atoms with Crippen molar-refractivity contribution in [1.82, 2.24) is 5.32 Å². The topological polar surface area (TPSA) is 76.4 Å². The second kappa shape index (κ2) is 5.73. The highest BCUT2D eigenvalue weighted by Gasteiger charge is 2.23. The summed E-state index contributed by atoms with van der Waals surface area (Å²) in [6.45, 7) is 3.51. The lowest BCUT2D eigenvalue weighted by Gasteiger charge is -2.19. The van der Waals surface area contributed by atoms with Gasteiger partial charge in [0.15, 0.2) is 0 Å². The Balaban J connectivity index is 1.84. The molecule has 1 saturated heterocycles. The molecule has 2 unspecified atom stereocenters. The van der Waals surface area contributed by atoms with Gasteiger partial charge in [0.1, 0.15) is 0 Å². The van der Waals surface area contributed by atoms with E-state index in [2.05, 4.69) is 10.6 Å². The number of hydrogen-bond donors (Lipinski definition) is 3. The fraction of sp³-hybridized carbons (Fsp3) is 0.462. The minimum Gasteiger partial charge on any atom is -0.399 e. The van der Waals surface area contributed by atoms with Crippen LogP contribution in [0.5, 0.6) is 0 Å². The van der Waals surface area contributed by atoms with Gasteiger partial charge >= 0.3 is 6.03 Å². The van der Waals surface area contributed by atoms with Crippen LogP contribution in [0.4, 0.5) is 16.2 Å². The lowest BCUT2D eigenvalue weighted by atomic mass is 10.0. The van der Waals surface area contributed by atoms with E-state index in [4.69, 9.17) is 10.5 Å². The minimum absolute atomic E-state index is 0.105. The Morgan fingerprint density at radius 3 is 3.06 bits per heavy atom. The van der Waals surface area contributed by atoms with E-state index in [1.54, 1.807) is 24.3 Å². The second-order valence-corrected chi connectivity index (χ2v) is 4.64. The zero-order chi connectivity index (χ0) is 13.0. The molecule has 1 aliphatic rings. The molecule has 18 heavy (non-hydrogen) atoms. The number of rotatable bonds is 3. The Bertz CT molecular complexity index is 416. The summed E-state index contributed by atoms with van der Waals surface area (Å²) in [5, 5.41) is 5.69. The van der Waals surface area contributed by atoms with E-state index in [-0.39, 0.29) is 12.1 Å². The predicted octanol–water partition coefficient (Wildman–Crippen LogP) is 1.82. The van der Waals surface area contributed by atoms with E-state index in [1.807, 2.05) is 6.92 Å². The van der Waals surface area contributed by atoms with Gasteiger partial charge in [-0.15, -0.1) is 0 Å². The maximum atomic E-state index is 11.8. The lowest BCUT2D eigenvalue weighted by Crippen LogP contribution is -2.40. The van der Waals surface area contributed by atoms with E-state index in [0.717, 1.165) is 19.6 Å². The standard InChI is InChI=1S/C13H19N3O2/c1-9(10-5-6-18-8-10)15-13(17)16-12-4-2-3-11(14)7-12/h2-4,7,9-10H,5-6,8,14H2,1H3,(H2,15,16,17). The van der Waals surface area contributed by atoms with Gasteiger partial charge in [-0.2, -0.15) is 0 Å². The maximum Gasteiger partial charge on any atom is 0.319 e. The number of amides is 2. The number of hydrogen-bond acceptors (Lipinski definition) is 3. The van der Waals surface area contributed by atoms with Crippen molar-refractivity contribution in [2.24, 2.45) is 5.92 Å². The largest absolute Gasteiger partial charge is 0.399 e. The van der Waals surface area contributed by atoms with Gasteiger partial charge in [0, 0.05) is 29.9 Å². The van der Waals surface area contributed by atoms with Crippen molar-refractivity contribution in [3.05, 3.63) is 24.3 Å². The Hall–Kier alpha value is -1.75. The Labute approximate surface area is 107 Å². The van der Waals surface area contributed by atoms with Crippen molar-refractivity contribution in [2.45, 2.75) is 19.4 Å². The van der Waals surface area contributed by atoms with E-state index in [1.165, 1.54) is 0 Å². The Morgan fingerprint density at radius 2 is 2.39 bits per heavy atom. The van der Waals surface area contributed by atoms with Crippen molar-refractivity contribution in [2.75, 3.05) is 24.3 Å². The number of nitrogens with one attached hydrogen (secondary N) is 2. The molecule has 1 aromatic carbocycles. The van der Waals surface area contributed by atoms with Gasteiger partial charge in [0.05, 0.1) is 6.61 Å². The van der Waals surface area contributed by atoms with Crippen LogP contribution in [-0.4, -0.2) is 25.3 Å². The van der Waals surface area contributed by atoms with Gasteiger partial charge in [0.2, 0.25) is 0 Å². The molecule has 1 aliphatic heterocycles. The van der Waals surface area contributed by atoms with Crippen LogP contribution in [0.15, 0.2) is 24.3 Å². The molecular weight excluding hydrogens is 230 g/mol. The first-order chi connectivity index (χ1) is 8.65. The van der Waals surface area contributed by atoms with Crippen molar-refractivity contribution in [3.8, 4) is 0 Å². The number of benzene rings is 1. The van der Waals surface area contributed by atoms with Crippen molar-refractivity contribution in [3.63, 3.8) is 0 Å². The first-order valence-electron chi connectivity index (χ1n) is 6.16. The summed E-state index contributed by atoms with van der Waals surface area (Å²) >= 11 is 0. The van der Waals surface area contributed by atoms with Gasteiger partial charge in [-0.25, -0.2) is 4.79 Å². The third-order valence-corrected chi connectivity index (χ3v) is 3.18. The molecule has 0 aromatic heterocycles. The summed E-state index contributed by atoms with van der Waals surface area (Å²) in [6, 6.07) is 7.01. The van der Waals surface area contributed by atoms with E-state index in [0.29, 0.717) is 17.3 Å². The van der Waals surface area contributed by atoms with Crippen LogP contribution >= 0.6 is 0 Å². The summed E-state index contributed by atoms with van der Waals surface area (Å²) in [6.07, 6.45) is 1.000. The highest BCUT2D eigenvalue weighted by Crippen LogP contribution is 2.17. The molecule has 4 N–H and O–H groups in total. The van der Waals surface area contributed by atoms with E-state index < -0.39 is 0 Å². The molecule has 0 bridgehead atoms. The van der Waals surface area contributed by atoms with Crippen molar-refractivity contribution < 1.29 is 9.53 Å². The molecule has 5 heteroatoms. The van der Waals surface area contributed by atoms with Crippen molar-refractivity contribution >= 4 is 17.4 Å². The van der Waals surface area contributed by atoms with Crippen LogP contribution in [-0.2, 0) is 4.74 Å². The first kappa shape index (κ1) is 12.7. The zero-order valence-corrected chi connectivity index (χ0v) is 10.5. The van der Waals surface area contributed by atoms with E-state index in [9.17, 15) is 4.79 Å². The normalized spacial score (nSPS) is 20.4. The molecule has 1 heterocycles. The molecule has 0 radical (unpaired) electrons. The molecule has 2 amide bonds. The molecule has 2 atom stereocenters. The smallest absolute Gasteiger partial charge is 0.319 e. The fourth-order valence-corrected chi connectivity index (χ4v) is 2.06. The van der Waals surface area contributed by atoms with E-state index >= 15 is 0 Å². The second-order valence-electron chi connectivity index (χ2n) is 4.64. The highest BCUT2D eigenvalue weighted by atomic mass is 16.5. The first-order valence-corrected chi connectivity index (χ1v) is 6.16. The third-order valence-electron chi connectivity index (χ3n) is 3.18. The van der Waals surface area contributed by atoms with Crippen LogP contribution in [0.1, 0.15) is 13.3 Å². The number of urea groups is 1. The lowest BCUT2D eigenvalue weighted by molar-refractivity contribution is 0.178. The van der Waals surface area contributed by atoms with Gasteiger partial charge in [0.25, 0.3) is 0 Å². The third kappa shape index (κ3) is 3.37. The van der Waals surface area contributed by atoms with Crippen LogP contribution in [0, 0.1) is 5.92 Å². The Kier molecular flexibility index (Phi) is 4.04. The molecule has 0 saturated carbocycles. The van der Waals surface area contributed by atoms with Crippen LogP contribution < -0.4 is 16.4 Å². The SMILES string of the molecule is CC(NC(=O)Nc1cccc(N)c1)C1CCOC1. The molecule has 0 aliphatic carbocycles. The zero-order valence-electron chi connectivity index (χ0n) is 10.5. The fourth-order valence-electron chi connectivity index (χ4n) is 2.06. The summed E-state index contributed by atoms with van der Waals surface area (Å²) in [5.41, 5.74) is 6.97. The molecule has 5 nitrogen and oxygen atoms in total. The van der Waals surface area contributed by atoms with Crippen molar-refractivity contribution in [1.29, 1.82) is 0 Å². The number of carbonyl (C=O) groups excluding carboxylic acids is 1. The van der Waals surface area contributed by atoms with Gasteiger partial charge in [-0.1, -0.05) is 6.07 Å². The Morgan fingerprint density at radius 1 is 1.56 bits per heavy atom. The minimum atomic E-state index is -0.208. The number of anilines is 2. The predicted molar refractivity (Wildman–Crippen MR) is 71.4 cm³/mol. The van der Waals surface area contributed by atoms with Gasteiger partial charge in [-0.05, 0) is 31.5 Å². The maximum absolute atomic E-state index is 11.8. The average molecular weight is 249 g/mol. The molecule has 98 valence electrons. The summed E-state index contributed by atoms with van der Waals surface area (Å²) in [5.74, 6) is 0.400. The average Bonchev–Trinajstić information content (AvgIpc) is 2.81. The number of ether oxygens (including phenoxy) is 1. The molecule has 2 rings (SSSR count). The van der Waals surface area contributed by atoms with Crippen LogP contribution in [0.25, 0.3) is 0 Å². The molecular formula is C13H19N3O2. The molecule has 1 aromatic rings. The van der Waals surface area contributed by atoms with Gasteiger partial charge in [-0.3, -0.25) is 0 Å². The molecule has 1 fully saturated rings. The molecule has 0 spiro atoms. The monoisotopic (exact) mass is 249 g/mol. The summed E-state index contributed by atoms with van der Waals surface area (Å²) in [4.78, 5) is 11.8. The van der Waals surface area contributed by atoms with Gasteiger partial charge < -0.3 is 21.1 Å². The quantitative estimate of drug-likeness (QED) is 0.715. The highest BCUT2D eigenvalue weighted by molar-refractivity contribution is 5.89.